The van der Waals surface area contributed by atoms with Crippen molar-refractivity contribution in [1.29, 1.82) is 0 Å². The lowest BCUT2D eigenvalue weighted by atomic mass is 9.47. The van der Waals surface area contributed by atoms with Gasteiger partial charge in [0.2, 0.25) is 0 Å². The van der Waals surface area contributed by atoms with E-state index in [1.807, 2.05) is 0 Å². The Labute approximate surface area is 164 Å². The van der Waals surface area contributed by atoms with E-state index in [2.05, 4.69) is 6.92 Å². The first-order valence-electron chi connectivity index (χ1n) is 12.9. The number of hydrogen-bond donors (Lipinski definition) is 0. The molecule has 150 valence electrons. The molecule has 4 aliphatic carbocycles. The SMILES string of the molecule is CCCCCCCCC1CCC2C3CCCCC3C3CCCCC3C2C1. The van der Waals surface area contributed by atoms with Crippen LogP contribution in [0.3, 0.4) is 0 Å². The second kappa shape index (κ2) is 9.47. The van der Waals surface area contributed by atoms with Gasteiger partial charge in [0.05, 0.1) is 0 Å². The van der Waals surface area contributed by atoms with Gasteiger partial charge in [0.25, 0.3) is 0 Å². The number of unbranched alkanes of at least 4 members (excludes halogenated alkanes) is 5. The summed E-state index contributed by atoms with van der Waals surface area (Å²) in [6.07, 6.45) is 28.0. The Bertz CT molecular complexity index is 398. The van der Waals surface area contributed by atoms with E-state index in [0.717, 1.165) is 41.4 Å². The van der Waals surface area contributed by atoms with Crippen LogP contribution >= 0.6 is 0 Å². The van der Waals surface area contributed by atoms with E-state index in [4.69, 9.17) is 0 Å². The molecule has 0 saturated heterocycles. The average molecular weight is 359 g/mol. The van der Waals surface area contributed by atoms with Gasteiger partial charge in [-0.15, -0.1) is 0 Å². The van der Waals surface area contributed by atoms with Crippen LogP contribution in [-0.2, 0) is 0 Å². The van der Waals surface area contributed by atoms with Crippen LogP contribution in [0.4, 0.5) is 0 Å². The molecule has 0 aromatic heterocycles. The summed E-state index contributed by atoms with van der Waals surface area (Å²) < 4.78 is 0. The lowest BCUT2D eigenvalue weighted by Crippen LogP contribution is -2.50. The molecule has 4 aliphatic rings. The van der Waals surface area contributed by atoms with Crippen LogP contribution in [0.2, 0.25) is 0 Å². The molecule has 0 amide bonds. The summed E-state index contributed by atoms with van der Waals surface area (Å²) in [7, 11) is 0. The zero-order valence-corrected chi connectivity index (χ0v) is 17.8. The van der Waals surface area contributed by atoms with Crippen LogP contribution in [-0.4, -0.2) is 0 Å². The first-order valence-corrected chi connectivity index (χ1v) is 12.9. The molecule has 0 aromatic rings. The molecule has 0 nitrogen and oxygen atoms in total. The largest absolute Gasteiger partial charge is 0.0654 e. The molecule has 0 aliphatic heterocycles. The molecule has 7 unspecified atom stereocenters. The second-order valence-electron chi connectivity index (χ2n) is 10.8. The third kappa shape index (κ3) is 4.20. The van der Waals surface area contributed by atoms with Crippen LogP contribution in [0.1, 0.15) is 122 Å². The third-order valence-electron chi connectivity index (χ3n) is 9.43. The lowest BCUT2D eigenvalue weighted by molar-refractivity contribution is -0.0881. The predicted molar refractivity (Wildman–Crippen MR) is 113 cm³/mol. The van der Waals surface area contributed by atoms with Gasteiger partial charge < -0.3 is 0 Å². The van der Waals surface area contributed by atoms with Crippen LogP contribution < -0.4 is 0 Å². The van der Waals surface area contributed by atoms with Gasteiger partial charge in [-0.05, 0) is 80.0 Å². The molecule has 4 rings (SSSR count). The average Bonchev–Trinajstić information content (AvgIpc) is 2.71. The molecule has 0 bridgehead atoms. The smallest absolute Gasteiger partial charge is 0.0349 e. The van der Waals surface area contributed by atoms with Crippen molar-refractivity contribution in [2.24, 2.45) is 41.4 Å². The fourth-order valence-electron chi connectivity index (χ4n) is 8.32. The summed E-state index contributed by atoms with van der Waals surface area (Å²) in [5, 5.41) is 0. The van der Waals surface area contributed by atoms with Crippen molar-refractivity contribution in [3.05, 3.63) is 0 Å². The Balaban J connectivity index is 1.33. The van der Waals surface area contributed by atoms with Crippen molar-refractivity contribution in [1.82, 2.24) is 0 Å². The van der Waals surface area contributed by atoms with Crippen molar-refractivity contribution in [3.8, 4) is 0 Å². The summed E-state index contributed by atoms with van der Waals surface area (Å²) in [5.41, 5.74) is 0. The van der Waals surface area contributed by atoms with Gasteiger partial charge in [0, 0.05) is 0 Å². The van der Waals surface area contributed by atoms with Crippen LogP contribution in [0, 0.1) is 41.4 Å². The molecule has 7 atom stereocenters. The maximum atomic E-state index is 2.33. The topological polar surface area (TPSA) is 0 Å². The standard InChI is InChI=1S/C26H46/c1-2-3-4-5-6-7-12-20-17-18-25-23-15-9-8-13-21(23)22-14-10-11-16-24(22)26(25)19-20/h20-26H,2-19H2,1H3. The Morgan fingerprint density at radius 3 is 1.62 bits per heavy atom. The first kappa shape index (κ1) is 19.3. The van der Waals surface area contributed by atoms with Crippen LogP contribution in [0.15, 0.2) is 0 Å². The third-order valence-corrected chi connectivity index (χ3v) is 9.43. The highest BCUT2D eigenvalue weighted by Crippen LogP contribution is 2.60. The van der Waals surface area contributed by atoms with Crippen LogP contribution in [0.25, 0.3) is 0 Å². The van der Waals surface area contributed by atoms with Gasteiger partial charge in [-0.3, -0.25) is 0 Å². The molecular weight excluding hydrogens is 312 g/mol. The molecule has 0 heteroatoms. The minimum atomic E-state index is 1.10. The van der Waals surface area contributed by atoms with Crippen molar-refractivity contribution in [3.63, 3.8) is 0 Å². The Kier molecular flexibility index (Phi) is 7.04. The van der Waals surface area contributed by atoms with Gasteiger partial charge in [-0.25, -0.2) is 0 Å². The van der Waals surface area contributed by atoms with Crippen molar-refractivity contribution >= 4 is 0 Å². The van der Waals surface area contributed by atoms with Gasteiger partial charge in [-0.1, -0.05) is 84.0 Å². The molecular formula is C26H46. The molecule has 0 heterocycles. The quantitative estimate of drug-likeness (QED) is 0.401. The van der Waals surface area contributed by atoms with Crippen molar-refractivity contribution in [2.45, 2.75) is 122 Å². The molecule has 0 N–H and O–H groups in total. The maximum absolute atomic E-state index is 2.33. The summed E-state index contributed by atoms with van der Waals surface area (Å²) >= 11 is 0. The molecule has 4 fully saturated rings. The lowest BCUT2D eigenvalue weighted by Gasteiger charge is -2.58. The summed E-state index contributed by atoms with van der Waals surface area (Å²) in [4.78, 5) is 0. The highest BCUT2D eigenvalue weighted by molar-refractivity contribution is 5.01. The normalized spacial score (nSPS) is 42.6. The highest BCUT2D eigenvalue weighted by atomic mass is 14.6. The van der Waals surface area contributed by atoms with Crippen molar-refractivity contribution in [2.75, 3.05) is 0 Å². The zero-order chi connectivity index (χ0) is 17.8. The van der Waals surface area contributed by atoms with Gasteiger partial charge >= 0.3 is 0 Å². The summed E-state index contributed by atoms with van der Waals surface area (Å²) in [5.74, 6) is 8.03. The fourth-order valence-corrected chi connectivity index (χ4v) is 8.32. The van der Waals surface area contributed by atoms with Crippen LogP contribution in [0.5, 0.6) is 0 Å². The minimum Gasteiger partial charge on any atom is -0.0654 e. The number of fused-ring (bicyclic) bond motifs is 6. The number of hydrogen-bond acceptors (Lipinski definition) is 0. The van der Waals surface area contributed by atoms with Gasteiger partial charge in [0.1, 0.15) is 0 Å². The Morgan fingerprint density at radius 1 is 0.500 bits per heavy atom. The molecule has 0 spiro atoms. The minimum absolute atomic E-state index is 1.10. The molecule has 4 saturated carbocycles. The highest BCUT2D eigenvalue weighted by Gasteiger charge is 2.52. The zero-order valence-electron chi connectivity index (χ0n) is 17.8. The van der Waals surface area contributed by atoms with E-state index in [1.54, 1.807) is 77.0 Å². The predicted octanol–water partition coefficient (Wildman–Crippen LogP) is 8.40. The second-order valence-corrected chi connectivity index (χ2v) is 10.8. The first-order chi connectivity index (χ1) is 12.9. The summed E-state index contributed by atoms with van der Waals surface area (Å²) in [6.45, 7) is 2.33. The van der Waals surface area contributed by atoms with E-state index in [9.17, 15) is 0 Å². The molecule has 26 heavy (non-hydrogen) atoms. The fraction of sp³-hybridized carbons (Fsp3) is 1.00. The van der Waals surface area contributed by atoms with Gasteiger partial charge in [0.15, 0.2) is 0 Å². The monoisotopic (exact) mass is 358 g/mol. The summed E-state index contributed by atoms with van der Waals surface area (Å²) in [6, 6.07) is 0. The van der Waals surface area contributed by atoms with Crippen molar-refractivity contribution < 1.29 is 0 Å². The Morgan fingerprint density at radius 2 is 1.00 bits per heavy atom. The van der Waals surface area contributed by atoms with E-state index in [-0.39, 0.29) is 0 Å². The van der Waals surface area contributed by atoms with E-state index >= 15 is 0 Å². The molecule has 0 aromatic carbocycles. The Hall–Kier alpha value is 0. The van der Waals surface area contributed by atoms with E-state index < -0.39 is 0 Å². The van der Waals surface area contributed by atoms with Gasteiger partial charge in [-0.2, -0.15) is 0 Å². The van der Waals surface area contributed by atoms with E-state index in [0.29, 0.717) is 0 Å². The molecule has 0 radical (unpaired) electrons. The van der Waals surface area contributed by atoms with E-state index in [1.165, 1.54) is 38.5 Å². The number of rotatable bonds is 7. The maximum Gasteiger partial charge on any atom is -0.0349 e.